The van der Waals surface area contributed by atoms with Crippen LogP contribution < -0.4 is 0 Å². The summed E-state index contributed by atoms with van der Waals surface area (Å²) in [5.41, 5.74) is 1.64. The number of hydrogen-bond acceptors (Lipinski definition) is 0. The highest BCUT2D eigenvalue weighted by Crippen LogP contribution is 2.26. The molecule has 0 spiro atoms. The second kappa shape index (κ2) is 6.01. The fourth-order valence-electron chi connectivity index (χ4n) is 1.35. The highest BCUT2D eigenvalue weighted by atomic mass is 14.2. The summed E-state index contributed by atoms with van der Waals surface area (Å²) < 4.78 is 0. The quantitative estimate of drug-likeness (QED) is 0.424. The van der Waals surface area contributed by atoms with Crippen molar-refractivity contribution in [1.82, 2.24) is 0 Å². The van der Waals surface area contributed by atoms with Crippen LogP contribution in [0.1, 0.15) is 53.4 Å². The summed E-state index contributed by atoms with van der Waals surface area (Å²) in [5.74, 6) is 0. The van der Waals surface area contributed by atoms with Gasteiger partial charge in [0, 0.05) is 0 Å². The van der Waals surface area contributed by atoms with Crippen molar-refractivity contribution in [3.63, 3.8) is 0 Å². The van der Waals surface area contributed by atoms with E-state index in [4.69, 9.17) is 0 Å². The minimum Gasteiger partial charge on any atom is -0.0988 e. The number of allylic oxidation sites excluding steroid dienone is 3. The summed E-state index contributed by atoms with van der Waals surface area (Å²) in [5, 5.41) is 0. The molecule has 0 nitrogen and oxygen atoms in total. The van der Waals surface area contributed by atoms with Crippen LogP contribution in [0.4, 0.5) is 0 Å². The van der Waals surface area contributed by atoms with Crippen molar-refractivity contribution in [1.29, 1.82) is 0 Å². The SMILES string of the molecule is C=C/C(=C/CCCCC)C(C)(C)C. The summed E-state index contributed by atoms with van der Waals surface area (Å²) in [7, 11) is 0. The maximum absolute atomic E-state index is 3.86. The fourth-order valence-corrected chi connectivity index (χ4v) is 1.35. The first-order chi connectivity index (χ1) is 6.02. The topological polar surface area (TPSA) is 0 Å². The molecule has 0 saturated heterocycles. The van der Waals surface area contributed by atoms with E-state index in [1.807, 2.05) is 6.08 Å². The van der Waals surface area contributed by atoms with Gasteiger partial charge in [0.1, 0.15) is 0 Å². The van der Waals surface area contributed by atoms with Gasteiger partial charge in [0.25, 0.3) is 0 Å². The summed E-state index contributed by atoms with van der Waals surface area (Å²) in [6.07, 6.45) is 9.48. The van der Waals surface area contributed by atoms with E-state index in [9.17, 15) is 0 Å². The van der Waals surface area contributed by atoms with Gasteiger partial charge in [-0.15, -0.1) is 0 Å². The molecule has 0 aromatic rings. The van der Waals surface area contributed by atoms with E-state index in [1.54, 1.807) is 0 Å². The smallest absolute Gasteiger partial charge is 0.0135 e. The molecule has 0 bridgehead atoms. The Kier molecular flexibility index (Phi) is 5.77. The highest BCUT2D eigenvalue weighted by molar-refractivity contribution is 5.22. The van der Waals surface area contributed by atoms with Crippen molar-refractivity contribution in [2.45, 2.75) is 53.4 Å². The molecule has 13 heavy (non-hydrogen) atoms. The second-order valence-electron chi connectivity index (χ2n) is 4.61. The molecule has 0 fully saturated rings. The Bertz CT molecular complexity index is 167. The molecule has 0 amide bonds. The predicted molar refractivity (Wildman–Crippen MR) is 61.9 cm³/mol. The van der Waals surface area contributed by atoms with Gasteiger partial charge in [-0.1, -0.05) is 59.3 Å². The van der Waals surface area contributed by atoms with Crippen molar-refractivity contribution in [3.05, 3.63) is 24.3 Å². The van der Waals surface area contributed by atoms with Crippen molar-refractivity contribution >= 4 is 0 Å². The maximum Gasteiger partial charge on any atom is -0.0135 e. The molecule has 76 valence electrons. The number of rotatable bonds is 5. The van der Waals surface area contributed by atoms with Gasteiger partial charge in [-0.2, -0.15) is 0 Å². The van der Waals surface area contributed by atoms with Gasteiger partial charge in [-0.25, -0.2) is 0 Å². The van der Waals surface area contributed by atoms with Gasteiger partial charge in [-0.05, 0) is 23.8 Å². The number of hydrogen-bond donors (Lipinski definition) is 0. The first kappa shape index (κ1) is 12.5. The Balaban J connectivity index is 4.01. The van der Waals surface area contributed by atoms with E-state index < -0.39 is 0 Å². The molecule has 0 aliphatic heterocycles. The van der Waals surface area contributed by atoms with Crippen LogP contribution >= 0.6 is 0 Å². The minimum atomic E-state index is 0.258. The summed E-state index contributed by atoms with van der Waals surface area (Å²) >= 11 is 0. The normalized spacial score (nSPS) is 13.1. The monoisotopic (exact) mass is 180 g/mol. The van der Waals surface area contributed by atoms with Gasteiger partial charge >= 0.3 is 0 Å². The molecule has 0 N–H and O–H groups in total. The second-order valence-corrected chi connectivity index (χ2v) is 4.61. The van der Waals surface area contributed by atoms with E-state index in [0.717, 1.165) is 0 Å². The number of unbranched alkanes of at least 4 members (excludes halogenated alkanes) is 3. The van der Waals surface area contributed by atoms with Crippen LogP contribution in [0.25, 0.3) is 0 Å². The van der Waals surface area contributed by atoms with Crippen LogP contribution in [0.3, 0.4) is 0 Å². The molecule has 0 rings (SSSR count). The molecule has 0 heteroatoms. The van der Waals surface area contributed by atoms with Crippen LogP contribution in [-0.4, -0.2) is 0 Å². The lowest BCUT2D eigenvalue weighted by Crippen LogP contribution is -2.07. The summed E-state index contributed by atoms with van der Waals surface area (Å²) in [6.45, 7) is 12.8. The molecule has 0 heterocycles. The molecular formula is C13H24. The summed E-state index contributed by atoms with van der Waals surface area (Å²) in [4.78, 5) is 0. The Labute approximate surface area is 83.7 Å². The first-order valence-corrected chi connectivity index (χ1v) is 5.35. The molecule has 0 radical (unpaired) electrons. The molecule has 0 saturated carbocycles. The van der Waals surface area contributed by atoms with Crippen molar-refractivity contribution in [2.24, 2.45) is 5.41 Å². The molecular weight excluding hydrogens is 156 g/mol. The average Bonchev–Trinajstić information content (AvgIpc) is 2.02. The van der Waals surface area contributed by atoms with E-state index in [-0.39, 0.29) is 5.41 Å². The lowest BCUT2D eigenvalue weighted by atomic mass is 9.85. The molecule has 0 aliphatic carbocycles. The Morgan fingerprint density at radius 2 is 1.85 bits per heavy atom. The largest absolute Gasteiger partial charge is 0.0988 e. The van der Waals surface area contributed by atoms with Crippen LogP contribution in [0.2, 0.25) is 0 Å². The zero-order valence-electron chi connectivity index (χ0n) is 9.69. The third kappa shape index (κ3) is 5.68. The van der Waals surface area contributed by atoms with Crippen LogP contribution in [0.5, 0.6) is 0 Å². The lowest BCUT2D eigenvalue weighted by Gasteiger charge is -2.20. The Morgan fingerprint density at radius 3 is 2.23 bits per heavy atom. The maximum atomic E-state index is 3.86. The van der Waals surface area contributed by atoms with Crippen LogP contribution in [0, 0.1) is 5.41 Å². The van der Waals surface area contributed by atoms with Gasteiger partial charge in [-0.3, -0.25) is 0 Å². The Hall–Kier alpha value is -0.520. The predicted octanol–water partition coefficient (Wildman–Crippen LogP) is 4.73. The summed E-state index contributed by atoms with van der Waals surface area (Å²) in [6, 6.07) is 0. The molecule has 0 atom stereocenters. The first-order valence-electron chi connectivity index (χ1n) is 5.35. The van der Waals surface area contributed by atoms with Crippen molar-refractivity contribution in [3.8, 4) is 0 Å². The van der Waals surface area contributed by atoms with Gasteiger partial charge in [0.05, 0.1) is 0 Å². The Morgan fingerprint density at radius 1 is 1.23 bits per heavy atom. The molecule has 0 aliphatic rings. The van der Waals surface area contributed by atoms with Gasteiger partial charge in [0.15, 0.2) is 0 Å². The van der Waals surface area contributed by atoms with Gasteiger partial charge in [0.2, 0.25) is 0 Å². The van der Waals surface area contributed by atoms with Crippen molar-refractivity contribution in [2.75, 3.05) is 0 Å². The van der Waals surface area contributed by atoms with E-state index in [2.05, 4.69) is 40.3 Å². The third-order valence-corrected chi connectivity index (χ3v) is 2.26. The van der Waals surface area contributed by atoms with Crippen molar-refractivity contribution < 1.29 is 0 Å². The van der Waals surface area contributed by atoms with Crippen LogP contribution in [0.15, 0.2) is 24.3 Å². The highest BCUT2D eigenvalue weighted by Gasteiger charge is 2.12. The lowest BCUT2D eigenvalue weighted by molar-refractivity contribution is 0.514. The molecule has 0 aromatic heterocycles. The van der Waals surface area contributed by atoms with E-state index in [0.29, 0.717) is 0 Å². The van der Waals surface area contributed by atoms with E-state index in [1.165, 1.54) is 31.3 Å². The average molecular weight is 180 g/mol. The molecule has 0 unspecified atom stereocenters. The van der Waals surface area contributed by atoms with Crippen LogP contribution in [-0.2, 0) is 0 Å². The zero-order chi connectivity index (χ0) is 10.3. The standard InChI is InChI=1S/C13H24/c1-6-8-9-10-11-12(7-2)13(3,4)5/h7,11H,2,6,8-10H2,1,3-5H3/b12-11-. The fraction of sp³-hybridized carbons (Fsp3) is 0.692. The zero-order valence-corrected chi connectivity index (χ0v) is 9.69. The molecule has 0 aromatic carbocycles. The van der Waals surface area contributed by atoms with Gasteiger partial charge < -0.3 is 0 Å². The minimum absolute atomic E-state index is 0.258. The third-order valence-electron chi connectivity index (χ3n) is 2.26. The van der Waals surface area contributed by atoms with E-state index >= 15 is 0 Å².